The molecule has 1 N–H and O–H groups in total. The largest absolute Gasteiger partial charge is 0.368 e. The molecule has 1 atom stereocenters. The molecule has 1 aromatic heterocycles. The minimum absolute atomic E-state index is 0.281. The Labute approximate surface area is 145 Å². The topological polar surface area (TPSA) is 65.5 Å². The minimum Gasteiger partial charge on any atom is -0.368 e. The van der Waals surface area contributed by atoms with Crippen molar-refractivity contribution in [2.45, 2.75) is 43.5 Å². The Morgan fingerprint density at radius 3 is 2.54 bits per heavy atom. The predicted octanol–water partition coefficient (Wildman–Crippen LogP) is 2.01. The van der Waals surface area contributed by atoms with Gasteiger partial charge >= 0.3 is 0 Å². The van der Waals surface area contributed by atoms with Crippen LogP contribution < -0.4 is 5.32 Å². The number of sulfonamides is 1. The molecule has 0 aromatic carbocycles. The highest BCUT2D eigenvalue weighted by Crippen LogP contribution is 2.34. The van der Waals surface area contributed by atoms with Gasteiger partial charge in [0.15, 0.2) is 0 Å². The Bertz CT molecular complexity index is 635. The van der Waals surface area contributed by atoms with Gasteiger partial charge in [0.1, 0.15) is 10.7 Å². The van der Waals surface area contributed by atoms with Crippen LogP contribution in [-0.2, 0) is 10.0 Å². The molecule has 0 bridgehead atoms. The summed E-state index contributed by atoms with van der Waals surface area (Å²) in [6, 6.07) is 3.80. The highest BCUT2D eigenvalue weighted by atomic mass is 32.2. The van der Waals surface area contributed by atoms with Crippen molar-refractivity contribution in [3.05, 3.63) is 18.3 Å². The Morgan fingerprint density at radius 1 is 1.25 bits per heavy atom. The molecule has 2 heterocycles. The van der Waals surface area contributed by atoms with Crippen LogP contribution in [0, 0.1) is 5.92 Å². The Hall–Kier alpha value is -1.18. The zero-order chi connectivity index (χ0) is 17.2. The summed E-state index contributed by atoms with van der Waals surface area (Å²) in [7, 11) is -1.42. The van der Waals surface area contributed by atoms with Gasteiger partial charge in [0.25, 0.3) is 0 Å². The minimum atomic E-state index is -3.43. The number of nitrogens with one attached hydrogen (secondary N) is 1. The number of anilines is 1. The van der Waals surface area contributed by atoms with Gasteiger partial charge in [0, 0.05) is 38.4 Å². The van der Waals surface area contributed by atoms with E-state index >= 15 is 0 Å². The molecular weight excluding hydrogens is 324 g/mol. The molecule has 1 saturated heterocycles. The maximum atomic E-state index is 12.7. The Morgan fingerprint density at radius 2 is 1.96 bits per heavy atom. The van der Waals surface area contributed by atoms with E-state index < -0.39 is 10.0 Å². The van der Waals surface area contributed by atoms with E-state index in [0.29, 0.717) is 19.1 Å². The second-order valence-electron chi connectivity index (χ2n) is 7.15. The van der Waals surface area contributed by atoms with Gasteiger partial charge in [-0.1, -0.05) is 12.8 Å². The number of rotatable bonds is 7. The normalized spacial score (nSPS) is 21.6. The summed E-state index contributed by atoms with van der Waals surface area (Å²) < 4.78 is 26.9. The molecular formula is C17H28N4O2S. The van der Waals surface area contributed by atoms with E-state index in [0.717, 1.165) is 31.2 Å². The Balaban J connectivity index is 1.58. The average molecular weight is 353 g/mol. The van der Waals surface area contributed by atoms with Gasteiger partial charge in [-0.05, 0) is 44.9 Å². The number of pyridine rings is 1. The summed E-state index contributed by atoms with van der Waals surface area (Å²) in [5.74, 6) is 1.67. The number of hydrogen-bond acceptors (Lipinski definition) is 5. The summed E-state index contributed by atoms with van der Waals surface area (Å²) in [5, 5.41) is 3.36. The van der Waals surface area contributed by atoms with Crippen molar-refractivity contribution in [3.8, 4) is 0 Å². The van der Waals surface area contributed by atoms with Crippen LogP contribution in [0.4, 0.5) is 5.82 Å². The van der Waals surface area contributed by atoms with Gasteiger partial charge in [0.2, 0.25) is 10.0 Å². The molecule has 7 heteroatoms. The van der Waals surface area contributed by atoms with Crippen molar-refractivity contribution < 1.29 is 8.42 Å². The standard InChI is InChI=1S/C17H28N4O2S/c1-14(3-4-15-5-6-15)19-17-8-7-16(13-18-17)24(22,23)21-11-9-20(2)10-12-21/h7-8,13-15H,3-6,9-12H2,1-2H3,(H,18,19). The fraction of sp³-hybridized carbons (Fsp3) is 0.706. The summed E-state index contributed by atoms with van der Waals surface area (Å²) in [6.45, 7) is 4.77. The SMILES string of the molecule is CC(CCC1CC1)Nc1ccc(S(=O)(=O)N2CCN(C)CC2)cn1. The fourth-order valence-corrected chi connectivity index (χ4v) is 4.38. The lowest BCUT2D eigenvalue weighted by molar-refractivity contribution is 0.222. The van der Waals surface area contributed by atoms with Gasteiger partial charge in [-0.2, -0.15) is 4.31 Å². The first-order valence-electron chi connectivity index (χ1n) is 8.86. The van der Waals surface area contributed by atoms with Gasteiger partial charge in [-0.25, -0.2) is 13.4 Å². The molecule has 1 aliphatic heterocycles. The van der Waals surface area contributed by atoms with Gasteiger partial charge < -0.3 is 10.2 Å². The second-order valence-corrected chi connectivity index (χ2v) is 9.09. The summed E-state index contributed by atoms with van der Waals surface area (Å²) in [5.41, 5.74) is 0. The number of aromatic nitrogens is 1. The molecule has 1 aromatic rings. The molecule has 2 aliphatic rings. The molecule has 1 aliphatic carbocycles. The summed E-state index contributed by atoms with van der Waals surface area (Å²) in [4.78, 5) is 6.73. The third-order valence-corrected chi connectivity index (χ3v) is 6.82. The lowest BCUT2D eigenvalue weighted by atomic mass is 10.1. The first kappa shape index (κ1) is 17.6. The van der Waals surface area contributed by atoms with Crippen molar-refractivity contribution in [2.24, 2.45) is 5.92 Å². The maximum absolute atomic E-state index is 12.7. The second kappa shape index (κ2) is 7.37. The van der Waals surface area contributed by atoms with Crippen LogP contribution in [0.5, 0.6) is 0 Å². The van der Waals surface area contributed by atoms with E-state index in [1.165, 1.54) is 25.5 Å². The molecule has 1 saturated carbocycles. The quantitative estimate of drug-likeness (QED) is 0.813. The molecule has 3 rings (SSSR count). The van der Waals surface area contributed by atoms with E-state index in [4.69, 9.17) is 0 Å². The highest BCUT2D eigenvalue weighted by Gasteiger charge is 2.27. The first-order chi connectivity index (χ1) is 11.4. The molecule has 134 valence electrons. The van der Waals surface area contributed by atoms with Crippen molar-refractivity contribution >= 4 is 15.8 Å². The van der Waals surface area contributed by atoms with Crippen molar-refractivity contribution in [3.63, 3.8) is 0 Å². The van der Waals surface area contributed by atoms with Crippen molar-refractivity contribution in [1.82, 2.24) is 14.2 Å². The predicted molar refractivity (Wildman–Crippen MR) is 95.5 cm³/mol. The maximum Gasteiger partial charge on any atom is 0.244 e. The molecule has 0 amide bonds. The molecule has 0 spiro atoms. The zero-order valence-corrected chi connectivity index (χ0v) is 15.4. The number of piperazine rings is 1. The monoisotopic (exact) mass is 352 g/mol. The third kappa shape index (κ3) is 4.46. The average Bonchev–Trinajstić information content (AvgIpc) is 3.38. The van der Waals surface area contributed by atoms with E-state index in [9.17, 15) is 8.42 Å². The molecule has 0 radical (unpaired) electrons. The van der Waals surface area contributed by atoms with E-state index in [1.54, 1.807) is 16.4 Å². The number of hydrogen-bond donors (Lipinski definition) is 1. The van der Waals surface area contributed by atoms with E-state index in [1.807, 2.05) is 7.05 Å². The summed E-state index contributed by atoms with van der Waals surface area (Å²) in [6.07, 6.45) is 6.63. The fourth-order valence-electron chi connectivity index (χ4n) is 3.01. The van der Waals surface area contributed by atoms with Gasteiger partial charge in [-0.3, -0.25) is 0 Å². The van der Waals surface area contributed by atoms with Crippen LogP contribution in [0.25, 0.3) is 0 Å². The molecule has 24 heavy (non-hydrogen) atoms. The summed E-state index contributed by atoms with van der Waals surface area (Å²) >= 11 is 0. The Kier molecular flexibility index (Phi) is 5.42. The van der Waals surface area contributed by atoms with Crippen LogP contribution in [0.1, 0.15) is 32.6 Å². The first-order valence-corrected chi connectivity index (χ1v) is 10.3. The van der Waals surface area contributed by atoms with E-state index in [-0.39, 0.29) is 4.90 Å². The zero-order valence-electron chi connectivity index (χ0n) is 14.6. The van der Waals surface area contributed by atoms with Crippen LogP contribution in [0.2, 0.25) is 0 Å². The van der Waals surface area contributed by atoms with Gasteiger partial charge in [-0.15, -0.1) is 0 Å². The van der Waals surface area contributed by atoms with Crippen molar-refractivity contribution in [2.75, 3.05) is 38.5 Å². The lowest BCUT2D eigenvalue weighted by Gasteiger charge is -2.31. The molecule has 1 unspecified atom stereocenters. The number of likely N-dealkylation sites (N-methyl/N-ethyl adjacent to an activating group) is 1. The van der Waals surface area contributed by atoms with Crippen LogP contribution in [-0.4, -0.2) is 61.9 Å². The van der Waals surface area contributed by atoms with E-state index in [2.05, 4.69) is 22.1 Å². The van der Waals surface area contributed by atoms with Crippen LogP contribution >= 0.6 is 0 Å². The smallest absolute Gasteiger partial charge is 0.244 e. The third-order valence-electron chi connectivity index (χ3n) is 4.94. The van der Waals surface area contributed by atoms with Crippen molar-refractivity contribution in [1.29, 1.82) is 0 Å². The molecule has 2 fully saturated rings. The lowest BCUT2D eigenvalue weighted by Crippen LogP contribution is -2.47. The van der Waals surface area contributed by atoms with Crippen LogP contribution in [0.15, 0.2) is 23.2 Å². The van der Waals surface area contributed by atoms with Crippen LogP contribution in [0.3, 0.4) is 0 Å². The van der Waals surface area contributed by atoms with Gasteiger partial charge in [0.05, 0.1) is 0 Å². The highest BCUT2D eigenvalue weighted by molar-refractivity contribution is 7.89. The molecule has 6 nitrogen and oxygen atoms in total. The number of nitrogens with zero attached hydrogens (tertiary/aromatic N) is 3.